The van der Waals surface area contributed by atoms with Crippen molar-refractivity contribution in [1.82, 2.24) is 5.32 Å². The average molecular weight is 184 g/mol. The van der Waals surface area contributed by atoms with Crippen molar-refractivity contribution in [2.75, 3.05) is 13.2 Å². The van der Waals surface area contributed by atoms with E-state index < -0.39 is 5.54 Å². The van der Waals surface area contributed by atoms with Crippen LogP contribution < -0.4 is 11.1 Å². The SMILES string of the molecule is NC(=O)C1(NC2CC2)CCOCC1. The Hall–Kier alpha value is -0.610. The number of nitrogens with two attached hydrogens (primary N) is 1. The fourth-order valence-corrected chi connectivity index (χ4v) is 1.80. The summed E-state index contributed by atoms with van der Waals surface area (Å²) in [4.78, 5) is 11.3. The van der Waals surface area contributed by atoms with Crippen LogP contribution in [-0.4, -0.2) is 30.7 Å². The summed E-state index contributed by atoms with van der Waals surface area (Å²) in [5, 5.41) is 3.35. The van der Waals surface area contributed by atoms with Crippen LogP contribution in [0.5, 0.6) is 0 Å². The minimum Gasteiger partial charge on any atom is -0.381 e. The van der Waals surface area contributed by atoms with Crippen molar-refractivity contribution in [3.63, 3.8) is 0 Å². The fraction of sp³-hybridized carbons (Fsp3) is 0.889. The Bertz CT molecular complexity index is 208. The van der Waals surface area contributed by atoms with E-state index in [1.165, 1.54) is 12.8 Å². The third kappa shape index (κ3) is 1.84. The Kier molecular flexibility index (Phi) is 2.26. The van der Waals surface area contributed by atoms with Crippen LogP contribution in [0.25, 0.3) is 0 Å². The molecule has 0 radical (unpaired) electrons. The topological polar surface area (TPSA) is 64.4 Å². The van der Waals surface area contributed by atoms with E-state index in [4.69, 9.17) is 10.5 Å². The molecule has 1 aliphatic heterocycles. The number of nitrogens with one attached hydrogen (secondary N) is 1. The molecule has 3 N–H and O–H groups in total. The van der Waals surface area contributed by atoms with Gasteiger partial charge in [-0.05, 0) is 25.7 Å². The monoisotopic (exact) mass is 184 g/mol. The van der Waals surface area contributed by atoms with E-state index in [0.717, 1.165) is 12.8 Å². The highest BCUT2D eigenvalue weighted by molar-refractivity contribution is 5.84. The molecule has 0 aromatic heterocycles. The van der Waals surface area contributed by atoms with Crippen LogP contribution in [0.1, 0.15) is 25.7 Å². The van der Waals surface area contributed by atoms with E-state index in [1.807, 2.05) is 0 Å². The molecule has 1 aliphatic carbocycles. The molecular formula is C9H16N2O2. The van der Waals surface area contributed by atoms with Gasteiger partial charge in [-0.15, -0.1) is 0 Å². The molecule has 0 atom stereocenters. The molecule has 0 spiro atoms. The van der Waals surface area contributed by atoms with Gasteiger partial charge in [0, 0.05) is 19.3 Å². The number of carbonyl (C=O) groups excluding carboxylic acids is 1. The molecule has 0 aromatic carbocycles. The summed E-state index contributed by atoms with van der Waals surface area (Å²) >= 11 is 0. The van der Waals surface area contributed by atoms with E-state index in [9.17, 15) is 4.79 Å². The second kappa shape index (κ2) is 3.27. The Morgan fingerprint density at radius 2 is 2.00 bits per heavy atom. The highest BCUT2D eigenvalue weighted by Crippen LogP contribution is 2.28. The molecule has 1 saturated carbocycles. The first-order valence-electron chi connectivity index (χ1n) is 4.88. The first kappa shape index (κ1) is 8.97. The van der Waals surface area contributed by atoms with E-state index >= 15 is 0 Å². The molecule has 0 bridgehead atoms. The molecule has 1 heterocycles. The van der Waals surface area contributed by atoms with Crippen LogP contribution in [0.15, 0.2) is 0 Å². The lowest BCUT2D eigenvalue weighted by Gasteiger charge is -2.35. The predicted octanol–water partition coefficient (Wildman–Crippen LogP) is -0.227. The van der Waals surface area contributed by atoms with Gasteiger partial charge in [0.15, 0.2) is 0 Å². The largest absolute Gasteiger partial charge is 0.381 e. The van der Waals surface area contributed by atoms with Gasteiger partial charge >= 0.3 is 0 Å². The fourth-order valence-electron chi connectivity index (χ4n) is 1.80. The Labute approximate surface area is 77.8 Å². The third-order valence-corrected chi connectivity index (χ3v) is 2.88. The second-order valence-electron chi connectivity index (χ2n) is 3.98. The molecular weight excluding hydrogens is 168 g/mol. The van der Waals surface area contributed by atoms with Gasteiger partial charge in [-0.25, -0.2) is 0 Å². The van der Waals surface area contributed by atoms with Crippen LogP contribution in [0.3, 0.4) is 0 Å². The highest BCUT2D eigenvalue weighted by atomic mass is 16.5. The predicted molar refractivity (Wildman–Crippen MR) is 48.1 cm³/mol. The summed E-state index contributed by atoms with van der Waals surface area (Å²) in [6.45, 7) is 1.28. The molecule has 1 amide bonds. The smallest absolute Gasteiger partial charge is 0.237 e. The third-order valence-electron chi connectivity index (χ3n) is 2.88. The van der Waals surface area contributed by atoms with Crippen LogP contribution in [0, 0.1) is 0 Å². The van der Waals surface area contributed by atoms with E-state index in [0.29, 0.717) is 19.3 Å². The van der Waals surface area contributed by atoms with Crippen LogP contribution in [0.2, 0.25) is 0 Å². The number of hydrogen-bond acceptors (Lipinski definition) is 3. The molecule has 2 rings (SSSR count). The number of ether oxygens (including phenoxy) is 1. The zero-order chi connectivity index (χ0) is 9.31. The number of primary amides is 1. The van der Waals surface area contributed by atoms with Gasteiger partial charge in [0.05, 0.1) is 0 Å². The number of hydrogen-bond donors (Lipinski definition) is 2. The molecule has 74 valence electrons. The van der Waals surface area contributed by atoms with E-state index in [2.05, 4.69) is 5.32 Å². The first-order chi connectivity index (χ1) is 6.23. The molecule has 0 aromatic rings. The summed E-state index contributed by atoms with van der Waals surface area (Å²) < 4.78 is 5.23. The lowest BCUT2D eigenvalue weighted by Crippen LogP contribution is -2.59. The zero-order valence-corrected chi connectivity index (χ0v) is 7.71. The Balaban J connectivity index is 2.02. The van der Waals surface area contributed by atoms with Crippen molar-refractivity contribution in [1.29, 1.82) is 0 Å². The van der Waals surface area contributed by atoms with Crippen molar-refractivity contribution in [2.24, 2.45) is 5.73 Å². The van der Waals surface area contributed by atoms with Crippen molar-refractivity contribution in [2.45, 2.75) is 37.3 Å². The van der Waals surface area contributed by atoms with Crippen molar-refractivity contribution >= 4 is 5.91 Å². The summed E-state index contributed by atoms with van der Waals surface area (Å²) in [5.41, 5.74) is 4.95. The molecule has 2 aliphatic rings. The minimum absolute atomic E-state index is 0.220. The van der Waals surface area contributed by atoms with E-state index in [1.54, 1.807) is 0 Å². The van der Waals surface area contributed by atoms with Gasteiger partial charge in [-0.3, -0.25) is 4.79 Å². The lowest BCUT2D eigenvalue weighted by atomic mass is 9.89. The Morgan fingerprint density at radius 1 is 1.38 bits per heavy atom. The van der Waals surface area contributed by atoms with Gasteiger partial charge in [0.2, 0.25) is 5.91 Å². The van der Waals surface area contributed by atoms with Crippen molar-refractivity contribution in [3.8, 4) is 0 Å². The summed E-state index contributed by atoms with van der Waals surface area (Å²) in [6, 6.07) is 0.519. The highest BCUT2D eigenvalue weighted by Gasteiger charge is 2.42. The summed E-state index contributed by atoms with van der Waals surface area (Å²) in [5.74, 6) is -0.220. The maximum absolute atomic E-state index is 11.3. The molecule has 4 nitrogen and oxygen atoms in total. The van der Waals surface area contributed by atoms with E-state index in [-0.39, 0.29) is 5.91 Å². The van der Waals surface area contributed by atoms with Gasteiger partial charge in [0.1, 0.15) is 5.54 Å². The maximum Gasteiger partial charge on any atom is 0.237 e. The van der Waals surface area contributed by atoms with Gasteiger partial charge in [-0.1, -0.05) is 0 Å². The van der Waals surface area contributed by atoms with Crippen LogP contribution in [0.4, 0.5) is 0 Å². The number of amides is 1. The number of rotatable bonds is 3. The first-order valence-corrected chi connectivity index (χ1v) is 4.88. The number of carbonyl (C=O) groups is 1. The van der Waals surface area contributed by atoms with Gasteiger partial charge in [0.25, 0.3) is 0 Å². The van der Waals surface area contributed by atoms with Crippen molar-refractivity contribution in [3.05, 3.63) is 0 Å². The standard InChI is InChI=1S/C9H16N2O2/c10-8(12)9(11-7-1-2-7)3-5-13-6-4-9/h7,11H,1-6H2,(H2,10,12). The lowest BCUT2D eigenvalue weighted by molar-refractivity contribution is -0.128. The quantitative estimate of drug-likeness (QED) is 0.637. The molecule has 2 fully saturated rings. The van der Waals surface area contributed by atoms with Gasteiger partial charge in [-0.2, -0.15) is 0 Å². The minimum atomic E-state index is -0.473. The maximum atomic E-state index is 11.3. The summed E-state index contributed by atoms with van der Waals surface area (Å²) in [6.07, 6.45) is 3.80. The normalized spacial score (nSPS) is 27.1. The van der Waals surface area contributed by atoms with Gasteiger partial charge < -0.3 is 15.8 Å². The molecule has 4 heteroatoms. The molecule has 0 unspecified atom stereocenters. The van der Waals surface area contributed by atoms with Crippen LogP contribution in [-0.2, 0) is 9.53 Å². The summed E-state index contributed by atoms with van der Waals surface area (Å²) in [7, 11) is 0. The molecule has 13 heavy (non-hydrogen) atoms. The second-order valence-corrected chi connectivity index (χ2v) is 3.98. The Morgan fingerprint density at radius 3 is 2.46 bits per heavy atom. The molecule has 1 saturated heterocycles. The van der Waals surface area contributed by atoms with Crippen LogP contribution >= 0.6 is 0 Å². The zero-order valence-electron chi connectivity index (χ0n) is 7.71. The van der Waals surface area contributed by atoms with Crippen molar-refractivity contribution < 1.29 is 9.53 Å². The average Bonchev–Trinajstić information content (AvgIpc) is 2.90.